The highest BCUT2D eigenvalue weighted by atomic mass is 35.5. The number of halogens is 2. The molecule has 38 heavy (non-hydrogen) atoms. The van der Waals surface area contributed by atoms with Gasteiger partial charge in [0.05, 0.1) is 20.1 Å². The molecule has 0 aliphatic carbocycles. The summed E-state index contributed by atoms with van der Waals surface area (Å²) in [5, 5.41) is 12.4. The van der Waals surface area contributed by atoms with Crippen LogP contribution in [0.5, 0.6) is 5.75 Å². The van der Waals surface area contributed by atoms with Gasteiger partial charge in [-0.15, -0.1) is 0 Å². The standard InChI is InChI=1S/C27H27ClFN5O2S2/c1-33(2)17-14-34(15-17)27-30-25-21(26(31-27)32-38(36)9-7-37-8-10-38)13-22(28)23(24(25)29)20-12-18(35)11-16-5-3-4-6-19(16)20/h3-6,11-13,17,35H,7-10,14-15H2,1-2H3. The molecular weight excluding hydrogens is 545 g/mol. The van der Waals surface area contributed by atoms with Crippen LogP contribution >= 0.6 is 23.4 Å². The highest BCUT2D eigenvalue weighted by Gasteiger charge is 2.32. The molecule has 3 heterocycles. The number of benzene rings is 3. The Balaban J connectivity index is 1.59. The van der Waals surface area contributed by atoms with Crippen LogP contribution in [0.3, 0.4) is 0 Å². The zero-order valence-electron chi connectivity index (χ0n) is 21.0. The number of aromatic nitrogens is 2. The van der Waals surface area contributed by atoms with E-state index in [4.69, 9.17) is 11.6 Å². The molecule has 0 saturated carbocycles. The van der Waals surface area contributed by atoms with Crippen molar-refractivity contribution in [3.05, 3.63) is 53.3 Å². The molecule has 0 radical (unpaired) electrons. The first-order valence-corrected chi connectivity index (χ1v) is 15.7. The lowest BCUT2D eigenvalue weighted by molar-refractivity contribution is 0.245. The highest BCUT2D eigenvalue weighted by Crippen LogP contribution is 2.42. The minimum atomic E-state index is -2.52. The number of nitrogens with zero attached hydrogens (tertiary/aromatic N) is 5. The molecule has 2 fully saturated rings. The van der Waals surface area contributed by atoms with E-state index in [0.717, 1.165) is 22.3 Å². The number of fused-ring (bicyclic) bond motifs is 2. The van der Waals surface area contributed by atoms with E-state index < -0.39 is 15.5 Å². The van der Waals surface area contributed by atoms with Gasteiger partial charge in [-0.25, -0.2) is 13.6 Å². The predicted octanol–water partition coefficient (Wildman–Crippen LogP) is 5.54. The molecule has 0 bridgehead atoms. The Labute approximate surface area is 230 Å². The highest BCUT2D eigenvalue weighted by molar-refractivity contribution is 8.04. The summed E-state index contributed by atoms with van der Waals surface area (Å²) < 4.78 is 34.7. The maximum absolute atomic E-state index is 16.5. The number of phenols is 1. The van der Waals surface area contributed by atoms with Crippen molar-refractivity contribution in [3.63, 3.8) is 0 Å². The molecule has 1 aromatic heterocycles. The van der Waals surface area contributed by atoms with E-state index >= 15 is 4.39 Å². The van der Waals surface area contributed by atoms with Crippen molar-refractivity contribution in [1.29, 1.82) is 0 Å². The summed E-state index contributed by atoms with van der Waals surface area (Å²) in [5.74, 6) is 2.41. The Kier molecular flexibility index (Phi) is 6.62. The minimum absolute atomic E-state index is 0.00991. The summed E-state index contributed by atoms with van der Waals surface area (Å²) in [6.45, 7) is 1.40. The molecule has 0 amide bonds. The summed E-state index contributed by atoms with van der Waals surface area (Å²) in [7, 11) is 1.51. The van der Waals surface area contributed by atoms with Gasteiger partial charge >= 0.3 is 0 Å². The van der Waals surface area contributed by atoms with Crippen LogP contribution < -0.4 is 4.90 Å². The molecular formula is C27H27ClFN5O2S2. The molecule has 198 valence electrons. The van der Waals surface area contributed by atoms with Crippen LogP contribution in [0.1, 0.15) is 0 Å². The topological polar surface area (TPSA) is 81.9 Å². The molecule has 4 aromatic rings. The molecule has 6 rings (SSSR count). The van der Waals surface area contributed by atoms with E-state index in [9.17, 15) is 9.32 Å². The van der Waals surface area contributed by atoms with Gasteiger partial charge in [0.1, 0.15) is 11.3 Å². The lowest BCUT2D eigenvalue weighted by Crippen LogP contribution is -2.58. The first kappa shape index (κ1) is 25.6. The number of hydrogen-bond acceptors (Lipinski definition) is 8. The second-order valence-corrected chi connectivity index (χ2v) is 14.1. The summed E-state index contributed by atoms with van der Waals surface area (Å²) in [6, 6.07) is 12.5. The Hall–Kier alpha value is -2.66. The Morgan fingerprint density at radius 3 is 2.61 bits per heavy atom. The van der Waals surface area contributed by atoms with Gasteiger partial charge in [-0.1, -0.05) is 35.9 Å². The van der Waals surface area contributed by atoms with Gasteiger partial charge in [-0.05, 0) is 48.6 Å². The molecule has 2 aliphatic heterocycles. The zero-order chi connectivity index (χ0) is 26.6. The largest absolute Gasteiger partial charge is 0.508 e. The molecule has 11 heteroatoms. The maximum Gasteiger partial charge on any atom is 0.228 e. The van der Waals surface area contributed by atoms with E-state index in [0.29, 0.717) is 47.5 Å². The van der Waals surface area contributed by atoms with E-state index in [2.05, 4.69) is 19.2 Å². The summed E-state index contributed by atoms with van der Waals surface area (Å²) in [5.41, 5.74) is 0.687. The quantitative estimate of drug-likeness (QED) is 0.344. The van der Waals surface area contributed by atoms with Crippen LogP contribution in [-0.2, 0) is 9.73 Å². The second kappa shape index (κ2) is 9.82. The van der Waals surface area contributed by atoms with Crippen LogP contribution in [0.4, 0.5) is 16.2 Å². The first-order valence-electron chi connectivity index (χ1n) is 12.4. The van der Waals surface area contributed by atoms with Crippen molar-refractivity contribution in [3.8, 4) is 16.9 Å². The third-order valence-electron chi connectivity index (χ3n) is 7.19. The molecule has 7 nitrogen and oxygen atoms in total. The van der Waals surface area contributed by atoms with E-state index in [1.54, 1.807) is 23.9 Å². The number of likely N-dealkylation sites (N-methyl/N-ethyl adjacent to an activating group) is 1. The molecule has 0 atom stereocenters. The molecule has 1 N–H and O–H groups in total. The van der Waals surface area contributed by atoms with Crippen molar-refractivity contribution in [1.82, 2.24) is 14.9 Å². The fraction of sp³-hybridized carbons (Fsp3) is 0.333. The van der Waals surface area contributed by atoms with Gasteiger partial charge in [0.2, 0.25) is 5.95 Å². The third kappa shape index (κ3) is 4.57. The van der Waals surface area contributed by atoms with Gasteiger partial charge in [-0.3, -0.25) is 0 Å². The van der Waals surface area contributed by atoms with E-state index in [-0.39, 0.29) is 27.7 Å². The average Bonchev–Trinajstić information content (AvgIpc) is 2.84. The summed E-state index contributed by atoms with van der Waals surface area (Å²) in [4.78, 5) is 13.4. The SMILES string of the molecule is CN(C)C1CN(c2nc(N=S3(=O)CCSCC3)c3cc(Cl)c(-c4cc(O)cc5ccccc45)c(F)c3n2)C1. The molecule has 0 spiro atoms. The van der Waals surface area contributed by atoms with Crippen molar-refractivity contribution >= 4 is 66.5 Å². The monoisotopic (exact) mass is 571 g/mol. The van der Waals surface area contributed by atoms with Gasteiger partial charge in [0.25, 0.3) is 0 Å². The van der Waals surface area contributed by atoms with Crippen LogP contribution in [0.15, 0.2) is 46.8 Å². The first-order chi connectivity index (χ1) is 18.2. The van der Waals surface area contributed by atoms with Crippen molar-refractivity contribution < 1.29 is 13.7 Å². The normalized spacial score (nSPS) is 17.8. The predicted molar refractivity (Wildman–Crippen MR) is 156 cm³/mol. The number of thioether (sulfide) groups is 1. The van der Waals surface area contributed by atoms with Crippen molar-refractivity contribution in [2.75, 3.05) is 55.1 Å². The molecule has 0 unspecified atom stereocenters. The van der Waals surface area contributed by atoms with Crippen molar-refractivity contribution in [2.24, 2.45) is 4.36 Å². The smallest absolute Gasteiger partial charge is 0.228 e. The van der Waals surface area contributed by atoms with Gasteiger partial charge in [0.15, 0.2) is 11.6 Å². The summed E-state index contributed by atoms with van der Waals surface area (Å²) >= 11 is 8.49. The average molecular weight is 572 g/mol. The Morgan fingerprint density at radius 2 is 1.87 bits per heavy atom. The number of phenolic OH excluding ortho intramolecular Hbond substituents is 1. The maximum atomic E-state index is 16.5. The van der Waals surface area contributed by atoms with E-state index in [1.807, 2.05) is 43.3 Å². The fourth-order valence-corrected chi connectivity index (χ4v) is 9.27. The summed E-state index contributed by atoms with van der Waals surface area (Å²) in [6.07, 6.45) is 0. The van der Waals surface area contributed by atoms with Crippen LogP contribution in [0.2, 0.25) is 5.02 Å². The number of hydrogen-bond donors (Lipinski definition) is 1. The van der Waals surface area contributed by atoms with Gasteiger partial charge in [-0.2, -0.15) is 21.1 Å². The minimum Gasteiger partial charge on any atom is -0.508 e. The van der Waals surface area contributed by atoms with E-state index in [1.165, 1.54) is 6.07 Å². The zero-order valence-corrected chi connectivity index (χ0v) is 23.4. The molecule has 3 aromatic carbocycles. The second-order valence-electron chi connectivity index (χ2n) is 9.91. The van der Waals surface area contributed by atoms with Gasteiger partial charge < -0.3 is 14.9 Å². The van der Waals surface area contributed by atoms with Crippen LogP contribution in [0.25, 0.3) is 32.8 Å². The lowest BCUT2D eigenvalue weighted by atomic mass is 9.96. The van der Waals surface area contributed by atoms with Crippen molar-refractivity contribution in [2.45, 2.75) is 6.04 Å². The lowest BCUT2D eigenvalue weighted by Gasteiger charge is -2.42. The Bertz CT molecular complexity index is 1690. The van der Waals surface area contributed by atoms with Crippen LogP contribution in [0, 0.1) is 5.82 Å². The van der Waals surface area contributed by atoms with Crippen LogP contribution in [-0.4, -0.2) is 80.4 Å². The van der Waals surface area contributed by atoms with Gasteiger partial charge in [0, 0.05) is 47.7 Å². The fourth-order valence-electron chi connectivity index (χ4n) is 4.90. The number of rotatable bonds is 4. The number of aromatic hydroxyl groups is 1. The third-order valence-corrected chi connectivity index (χ3v) is 11.2. The number of anilines is 1. The molecule has 2 saturated heterocycles. The Morgan fingerprint density at radius 1 is 1.13 bits per heavy atom. The molecule has 2 aliphatic rings.